The average Bonchev–Trinajstić information content (AvgIpc) is 2.55. The van der Waals surface area contributed by atoms with Gasteiger partial charge in [0, 0.05) is 12.1 Å². The smallest absolute Gasteiger partial charge is 0.00951 e. The molecular weight excluding hydrogens is 218 g/mol. The van der Waals surface area contributed by atoms with Crippen LogP contribution < -0.4 is 5.32 Å². The van der Waals surface area contributed by atoms with E-state index in [2.05, 4.69) is 26.1 Å². The molecule has 1 heteroatoms. The summed E-state index contributed by atoms with van der Waals surface area (Å²) in [6.07, 6.45) is 15.6. The van der Waals surface area contributed by atoms with Crippen LogP contribution in [0, 0.1) is 5.92 Å². The van der Waals surface area contributed by atoms with Crippen LogP contribution in [0.25, 0.3) is 0 Å². The Morgan fingerprint density at radius 2 is 1.72 bits per heavy atom. The van der Waals surface area contributed by atoms with E-state index in [0.717, 1.165) is 18.0 Å². The van der Waals surface area contributed by atoms with E-state index in [1.807, 2.05) is 0 Å². The average molecular weight is 253 g/mol. The van der Waals surface area contributed by atoms with Crippen LogP contribution in [0.1, 0.15) is 91.4 Å². The lowest BCUT2D eigenvalue weighted by Gasteiger charge is -2.27. The van der Waals surface area contributed by atoms with Crippen LogP contribution in [-0.4, -0.2) is 12.1 Å². The molecule has 0 amide bonds. The molecule has 18 heavy (non-hydrogen) atoms. The van der Waals surface area contributed by atoms with Crippen molar-refractivity contribution < 1.29 is 0 Å². The van der Waals surface area contributed by atoms with Gasteiger partial charge in [-0.15, -0.1) is 0 Å². The molecule has 1 N–H and O–H groups in total. The second-order valence-electron chi connectivity index (χ2n) is 6.49. The second kappa shape index (κ2) is 9.83. The van der Waals surface area contributed by atoms with Crippen LogP contribution in [0.4, 0.5) is 0 Å². The molecule has 1 rings (SSSR count). The van der Waals surface area contributed by atoms with Gasteiger partial charge in [0.05, 0.1) is 0 Å². The van der Waals surface area contributed by atoms with E-state index in [4.69, 9.17) is 0 Å². The van der Waals surface area contributed by atoms with Gasteiger partial charge in [0.25, 0.3) is 0 Å². The first-order valence-corrected chi connectivity index (χ1v) is 8.50. The maximum atomic E-state index is 3.90. The van der Waals surface area contributed by atoms with Crippen LogP contribution in [0.3, 0.4) is 0 Å². The van der Waals surface area contributed by atoms with Gasteiger partial charge in [0.15, 0.2) is 0 Å². The molecule has 0 aromatic carbocycles. The number of unbranched alkanes of at least 4 members (excludes halogenated alkanes) is 4. The van der Waals surface area contributed by atoms with Gasteiger partial charge in [-0.3, -0.25) is 0 Å². The van der Waals surface area contributed by atoms with E-state index in [0.29, 0.717) is 0 Å². The van der Waals surface area contributed by atoms with Crippen LogP contribution >= 0.6 is 0 Å². The highest BCUT2D eigenvalue weighted by atomic mass is 14.9. The minimum Gasteiger partial charge on any atom is -0.311 e. The predicted octanol–water partition coefficient (Wildman–Crippen LogP) is 5.29. The third kappa shape index (κ3) is 6.78. The van der Waals surface area contributed by atoms with Gasteiger partial charge < -0.3 is 5.32 Å². The van der Waals surface area contributed by atoms with E-state index >= 15 is 0 Å². The first-order chi connectivity index (χ1) is 8.74. The van der Waals surface area contributed by atoms with Crippen LogP contribution in [0.5, 0.6) is 0 Å². The molecule has 1 saturated carbocycles. The second-order valence-corrected chi connectivity index (χ2v) is 6.49. The molecule has 0 aliphatic heterocycles. The first-order valence-electron chi connectivity index (χ1n) is 8.50. The highest BCUT2D eigenvalue weighted by molar-refractivity contribution is 4.79. The molecule has 1 nitrogen and oxygen atoms in total. The summed E-state index contributed by atoms with van der Waals surface area (Å²) in [5, 5.41) is 3.90. The largest absolute Gasteiger partial charge is 0.311 e. The van der Waals surface area contributed by atoms with Crippen molar-refractivity contribution in [1.29, 1.82) is 0 Å². The van der Waals surface area contributed by atoms with E-state index in [-0.39, 0.29) is 0 Å². The molecule has 0 radical (unpaired) electrons. The zero-order valence-electron chi connectivity index (χ0n) is 13.0. The summed E-state index contributed by atoms with van der Waals surface area (Å²) in [6, 6.07) is 1.51. The lowest BCUT2D eigenvalue weighted by Crippen LogP contribution is -2.40. The molecule has 3 atom stereocenters. The van der Waals surface area contributed by atoms with Gasteiger partial charge in [-0.05, 0) is 32.1 Å². The number of rotatable bonds is 8. The van der Waals surface area contributed by atoms with Crippen molar-refractivity contribution in [2.45, 2.75) is 103 Å². The van der Waals surface area contributed by atoms with Crippen LogP contribution in [0.15, 0.2) is 0 Å². The van der Waals surface area contributed by atoms with Gasteiger partial charge in [0.1, 0.15) is 0 Å². The van der Waals surface area contributed by atoms with Gasteiger partial charge in [-0.1, -0.05) is 65.2 Å². The quantitative estimate of drug-likeness (QED) is 0.457. The number of nitrogens with one attached hydrogen (secondary N) is 1. The first kappa shape index (κ1) is 16.0. The number of hydrogen-bond donors (Lipinski definition) is 1. The van der Waals surface area contributed by atoms with Gasteiger partial charge in [-0.2, -0.15) is 0 Å². The third-order valence-corrected chi connectivity index (χ3v) is 4.60. The molecule has 0 saturated heterocycles. The molecule has 3 unspecified atom stereocenters. The maximum absolute atomic E-state index is 3.90. The Kier molecular flexibility index (Phi) is 8.75. The lowest BCUT2D eigenvalue weighted by atomic mass is 9.95. The molecule has 0 aromatic heterocycles. The minimum absolute atomic E-state index is 0.720. The summed E-state index contributed by atoms with van der Waals surface area (Å²) >= 11 is 0. The van der Waals surface area contributed by atoms with Crippen molar-refractivity contribution in [2.75, 3.05) is 0 Å². The highest BCUT2D eigenvalue weighted by Crippen LogP contribution is 2.23. The Labute approximate surface area is 115 Å². The molecule has 1 fully saturated rings. The Morgan fingerprint density at radius 3 is 2.50 bits per heavy atom. The lowest BCUT2D eigenvalue weighted by molar-refractivity contribution is 0.316. The topological polar surface area (TPSA) is 12.0 Å². The monoisotopic (exact) mass is 253 g/mol. The SMILES string of the molecule is CCCCCCCC(C)NC1CCCCCC1C. The summed E-state index contributed by atoms with van der Waals surface area (Å²) in [5.74, 6) is 0.884. The number of hydrogen-bond acceptors (Lipinski definition) is 1. The van der Waals surface area contributed by atoms with Crippen molar-refractivity contribution in [1.82, 2.24) is 5.32 Å². The normalized spacial score (nSPS) is 26.8. The molecule has 108 valence electrons. The van der Waals surface area contributed by atoms with E-state index in [9.17, 15) is 0 Å². The van der Waals surface area contributed by atoms with E-state index in [1.165, 1.54) is 70.6 Å². The van der Waals surface area contributed by atoms with Gasteiger partial charge in [-0.25, -0.2) is 0 Å². The zero-order valence-corrected chi connectivity index (χ0v) is 13.0. The van der Waals surface area contributed by atoms with Crippen LogP contribution in [0.2, 0.25) is 0 Å². The Hall–Kier alpha value is -0.0400. The predicted molar refractivity (Wildman–Crippen MR) is 82.0 cm³/mol. The van der Waals surface area contributed by atoms with Crippen LogP contribution in [-0.2, 0) is 0 Å². The van der Waals surface area contributed by atoms with Gasteiger partial charge in [0.2, 0.25) is 0 Å². The van der Waals surface area contributed by atoms with Crippen molar-refractivity contribution >= 4 is 0 Å². The fourth-order valence-electron chi connectivity index (χ4n) is 3.24. The Bertz CT molecular complexity index is 190. The standard InChI is InChI=1S/C17H35N/c1-4-5-6-7-10-13-16(3)18-17-14-11-8-9-12-15(17)2/h15-18H,4-14H2,1-3H3. The zero-order chi connectivity index (χ0) is 13.2. The summed E-state index contributed by atoms with van der Waals surface area (Å²) < 4.78 is 0. The Morgan fingerprint density at radius 1 is 1.00 bits per heavy atom. The molecule has 0 bridgehead atoms. The molecule has 0 aromatic rings. The fraction of sp³-hybridized carbons (Fsp3) is 1.00. The molecule has 1 aliphatic rings. The van der Waals surface area contributed by atoms with Crippen molar-refractivity contribution in [3.63, 3.8) is 0 Å². The summed E-state index contributed by atoms with van der Waals surface area (Å²) in [6.45, 7) is 7.12. The summed E-state index contributed by atoms with van der Waals surface area (Å²) in [5.41, 5.74) is 0. The maximum Gasteiger partial charge on any atom is 0.00951 e. The van der Waals surface area contributed by atoms with E-state index < -0.39 is 0 Å². The molecule has 0 spiro atoms. The van der Waals surface area contributed by atoms with Gasteiger partial charge >= 0.3 is 0 Å². The van der Waals surface area contributed by atoms with Crippen molar-refractivity contribution in [3.8, 4) is 0 Å². The van der Waals surface area contributed by atoms with E-state index in [1.54, 1.807) is 0 Å². The molecular formula is C17H35N. The minimum atomic E-state index is 0.720. The summed E-state index contributed by atoms with van der Waals surface area (Å²) in [7, 11) is 0. The summed E-state index contributed by atoms with van der Waals surface area (Å²) in [4.78, 5) is 0. The highest BCUT2D eigenvalue weighted by Gasteiger charge is 2.20. The fourth-order valence-corrected chi connectivity index (χ4v) is 3.24. The third-order valence-electron chi connectivity index (χ3n) is 4.60. The van der Waals surface area contributed by atoms with Crippen molar-refractivity contribution in [2.24, 2.45) is 5.92 Å². The molecule has 0 heterocycles. The van der Waals surface area contributed by atoms with Crippen molar-refractivity contribution in [3.05, 3.63) is 0 Å². The Balaban J connectivity index is 2.11. The molecule has 1 aliphatic carbocycles.